The third-order valence-corrected chi connectivity index (χ3v) is 2.77. The lowest BCUT2D eigenvalue weighted by molar-refractivity contribution is -0.123. The molecule has 0 radical (unpaired) electrons. The highest BCUT2D eigenvalue weighted by Gasteiger charge is 2.05. The van der Waals surface area contributed by atoms with Gasteiger partial charge in [0.05, 0.1) is 19.7 Å². The van der Waals surface area contributed by atoms with Crippen LogP contribution in [-0.4, -0.2) is 57.1 Å². The Bertz CT molecular complexity index is 501. The summed E-state index contributed by atoms with van der Waals surface area (Å²) in [6, 6.07) is 7.14. The molecule has 2 amide bonds. The van der Waals surface area contributed by atoms with Crippen molar-refractivity contribution >= 4 is 42.3 Å². The van der Waals surface area contributed by atoms with Gasteiger partial charge in [-0.25, -0.2) is 0 Å². The van der Waals surface area contributed by atoms with Crippen molar-refractivity contribution in [3.8, 4) is 5.75 Å². The molecule has 24 heavy (non-hydrogen) atoms. The van der Waals surface area contributed by atoms with E-state index in [9.17, 15) is 9.59 Å². The van der Waals surface area contributed by atoms with Gasteiger partial charge in [0.25, 0.3) is 0 Å². The van der Waals surface area contributed by atoms with Gasteiger partial charge < -0.3 is 26.0 Å². The van der Waals surface area contributed by atoms with E-state index < -0.39 is 0 Å². The molecule has 0 saturated heterocycles. The molecule has 0 aromatic heterocycles. The number of nitrogens with zero attached hydrogens (tertiary/aromatic N) is 1. The second kappa shape index (κ2) is 13.9. The van der Waals surface area contributed by atoms with Gasteiger partial charge in [-0.2, -0.15) is 0 Å². The van der Waals surface area contributed by atoms with Crippen molar-refractivity contribution in [3.05, 3.63) is 24.3 Å². The maximum Gasteiger partial charge on any atom is 0.243 e. The lowest BCUT2D eigenvalue weighted by Crippen LogP contribution is -2.36. The van der Waals surface area contributed by atoms with Crippen LogP contribution in [0.5, 0.6) is 5.75 Å². The van der Waals surface area contributed by atoms with Crippen molar-refractivity contribution in [3.63, 3.8) is 0 Å². The number of halogens is 2. The Morgan fingerprint density at radius 2 is 1.92 bits per heavy atom. The van der Waals surface area contributed by atoms with E-state index in [1.54, 1.807) is 18.2 Å². The average molecular weight is 381 g/mol. The second-order valence-electron chi connectivity index (χ2n) is 5.06. The fraction of sp³-hybridized carbons (Fsp3) is 0.467. The monoisotopic (exact) mass is 380 g/mol. The summed E-state index contributed by atoms with van der Waals surface area (Å²) in [5.74, 6) is 0.0160. The zero-order valence-electron chi connectivity index (χ0n) is 13.9. The molecule has 0 aliphatic heterocycles. The first kappa shape index (κ1) is 24.7. The molecule has 9 heteroatoms. The normalized spacial score (nSPS) is 9.50. The molecule has 0 bridgehead atoms. The lowest BCUT2D eigenvalue weighted by atomic mass is 10.3. The molecule has 0 heterocycles. The van der Waals surface area contributed by atoms with Crippen molar-refractivity contribution in [2.45, 2.75) is 6.42 Å². The third kappa shape index (κ3) is 11.1. The van der Waals surface area contributed by atoms with Crippen LogP contribution in [-0.2, 0) is 9.59 Å². The minimum Gasteiger partial charge on any atom is -0.493 e. The highest BCUT2D eigenvalue weighted by Crippen LogP contribution is 2.17. The third-order valence-electron chi connectivity index (χ3n) is 2.77. The number of anilines is 1. The molecular weight excluding hydrogens is 355 g/mol. The van der Waals surface area contributed by atoms with Gasteiger partial charge in [0.15, 0.2) is 0 Å². The predicted octanol–water partition coefficient (Wildman–Crippen LogP) is 0.874. The smallest absolute Gasteiger partial charge is 0.243 e. The van der Waals surface area contributed by atoms with Gasteiger partial charge >= 0.3 is 0 Å². The minimum absolute atomic E-state index is 0. The zero-order chi connectivity index (χ0) is 16.4. The first-order chi connectivity index (χ1) is 10.5. The van der Waals surface area contributed by atoms with Gasteiger partial charge in [0.1, 0.15) is 5.75 Å². The number of nitrogens with two attached hydrogens (primary N) is 1. The van der Waals surface area contributed by atoms with Crippen molar-refractivity contribution in [1.82, 2.24) is 10.2 Å². The van der Waals surface area contributed by atoms with Crippen LogP contribution in [0.4, 0.5) is 5.69 Å². The number of ether oxygens (including phenoxy) is 1. The number of carbonyl (C=O) groups is 2. The first-order valence-electron chi connectivity index (χ1n) is 7.15. The van der Waals surface area contributed by atoms with Crippen molar-refractivity contribution in [2.75, 3.05) is 45.7 Å². The molecule has 7 nitrogen and oxygen atoms in total. The quantitative estimate of drug-likeness (QED) is 0.552. The number of carbonyl (C=O) groups excluding carboxylic acids is 2. The number of benzene rings is 1. The van der Waals surface area contributed by atoms with Gasteiger partial charge in [0.2, 0.25) is 11.8 Å². The SMILES string of the molecule is CN(C)CCCOc1cccc(NC(=O)CNC(=O)CN)c1.Cl.Cl. The van der Waals surface area contributed by atoms with Crippen molar-refractivity contribution < 1.29 is 14.3 Å². The van der Waals surface area contributed by atoms with Crippen molar-refractivity contribution in [1.29, 1.82) is 0 Å². The maximum absolute atomic E-state index is 11.7. The molecular formula is C15H26Cl2N4O3. The molecule has 0 spiro atoms. The Hall–Kier alpha value is -1.54. The fourth-order valence-electron chi connectivity index (χ4n) is 1.69. The number of amides is 2. The van der Waals surface area contributed by atoms with E-state index in [0.717, 1.165) is 13.0 Å². The summed E-state index contributed by atoms with van der Waals surface area (Å²) in [4.78, 5) is 24.7. The number of hydrogen-bond acceptors (Lipinski definition) is 5. The summed E-state index contributed by atoms with van der Waals surface area (Å²) in [5.41, 5.74) is 5.77. The van der Waals surface area contributed by atoms with Gasteiger partial charge in [-0.15, -0.1) is 24.8 Å². The Morgan fingerprint density at radius 1 is 1.21 bits per heavy atom. The van der Waals surface area contributed by atoms with E-state index in [0.29, 0.717) is 18.0 Å². The molecule has 1 aromatic carbocycles. The number of rotatable bonds is 9. The fourth-order valence-corrected chi connectivity index (χ4v) is 1.69. The van der Waals surface area contributed by atoms with Crippen LogP contribution >= 0.6 is 24.8 Å². The summed E-state index contributed by atoms with van der Waals surface area (Å²) in [6.07, 6.45) is 0.925. The van der Waals surface area contributed by atoms with Crippen LogP contribution in [0.1, 0.15) is 6.42 Å². The Morgan fingerprint density at radius 3 is 2.54 bits per heavy atom. The lowest BCUT2D eigenvalue weighted by Gasteiger charge is -2.11. The largest absolute Gasteiger partial charge is 0.493 e. The topological polar surface area (TPSA) is 96.7 Å². The molecule has 138 valence electrons. The van der Waals surface area contributed by atoms with Crippen LogP contribution in [0.2, 0.25) is 0 Å². The molecule has 0 aliphatic carbocycles. The summed E-state index contributed by atoms with van der Waals surface area (Å²) in [7, 11) is 4.03. The van der Waals surface area contributed by atoms with E-state index >= 15 is 0 Å². The highest BCUT2D eigenvalue weighted by atomic mass is 35.5. The van der Waals surface area contributed by atoms with E-state index in [2.05, 4.69) is 15.5 Å². The standard InChI is InChI=1S/C15H24N4O3.2ClH/c1-19(2)7-4-8-22-13-6-3-5-12(9-13)18-15(21)11-17-14(20)10-16;;/h3,5-6,9H,4,7-8,10-11,16H2,1-2H3,(H,17,20)(H,18,21);2*1H. The maximum atomic E-state index is 11.7. The van der Waals surface area contributed by atoms with Gasteiger partial charge in [-0.1, -0.05) is 6.07 Å². The van der Waals surface area contributed by atoms with E-state index in [1.165, 1.54) is 0 Å². The Kier molecular flexibility index (Phi) is 14.3. The summed E-state index contributed by atoms with van der Waals surface area (Å²) in [5, 5.41) is 5.10. The molecule has 4 N–H and O–H groups in total. The van der Waals surface area contributed by atoms with E-state index in [-0.39, 0.29) is 49.7 Å². The van der Waals surface area contributed by atoms with Gasteiger partial charge in [-0.05, 0) is 32.6 Å². The highest BCUT2D eigenvalue weighted by molar-refractivity contribution is 5.94. The summed E-state index contributed by atoms with van der Waals surface area (Å²) < 4.78 is 5.63. The molecule has 0 fully saturated rings. The predicted molar refractivity (Wildman–Crippen MR) is 100 cm³/mol. The average Bonchev–Trinajstić information content (AvgIpc) is 2.49. The van der Waals surface area contributed by atoms with Crippen LogP contribution in [0.25, 0.3) is 0 Å². The first-order valence-corrected chi connectivity index (χ1v) is 7.15. The number of nitrogens with one attached hydrogen (secondary N) is 2. The molecule has 0 aliphatic rings. The van der Waals surface area contributed by atoms with Crippen LogP contribution < -0.4 is 21.1 Å². The van der Waals surface area contributed by atoms with Gasteiger partial charge in [0, 0.05) is 18.3 Å². The second-order valence-corrected chi connectivity index (χ2v) is 5.06. The molecule has 0 atom stereocenters. The van der Waals surface area contributed by atoms with E-state index in [1.807, 2.05) is 20.2 Å². The Labute approximate surface area is 155 Å². The van der Waals surface area contributed by atoms with Crippen LogP contribution in [0, 0.1) is 0 Å². The minimum atomic E-state index is -0.367. The van der Waals surface area contributed by atoms with Gasteiger partial charge in [-0.3, -0.25) is 9.59 Å². The number of hydrogen-bond donors (Lipinski definition) is 3. The molecule has 0 saturated carbocycles. The van der Waals surface area contributed by atoms with Crippen LogP contribution in [0.3, 0.4) is 0 Å². The van der Waals surface area contributed by atoms with E-state index in [4.69, 9.17) is 10.5 Å². The zero-order valence-corrected chi connectivity index (χ0v) is 15.5. The van der Waals surface area contributed by atoms with Crippen LogP contribution in [0.15, 0.2) is 24.3 Å². The van der Waals surface area contributed by atoms with Crippen molar-refractivity contribution in [2.24, 2.45) is 5.73 Å². The molecule has 1 rings (SSSR count). The molecule has 1 aromatic rings. The Balaban J connectivity index is 0. The molecule has 0 unspecified atom stereocenters. The summed E-state index contributed by atoms with van der Waals surface area (Å²) >= 11 is 0. The summed E-state index contributed by atoms with van der Waals surface area (Å²) in [6.45, 7) is 1.33.